The number of nitrogens with one attached hydrogen (secondary N) is 1. The van der Waals surface area contributed by atoms with Crippen molar-refractivity contribution < 1.29 is 9.59 Å². The highest BCUT2D eigenvalue weighted by Crippen LogP contribution is 2.14. The van der Waals surface area contributed by atoms with Crippen molar-refractivity contribution in [3.05, 3.63) is 53.9 Å². The van der Waals surface area contributed by atoms with Gasteiger partial charge in [0.2, 0.25) is 11.8 Å². The molecule has 0 saturated carbocycles. The molecule has 1 N–H and O–H groups in total. The molecule has 0 spiro atoms. The van der Waals surface area contributed by atoms with Crippen molar-refractivity contribution >= 4 is 11.8 Å². The minimum Gasteiger partial charge on any atom is -0.353 e. The molecule has 7 nitrogen and oxygen atoms in total. The van der Waals surface area contributed by atoms with Crippen molar-refractivity contribution in [1.82, 2.24) is 24.9 Å². The van der Waals surface area contributed by atoms with E-state index >= 15 is 0 Å². The molecule has 2 amide bonds. The van der Waals surface area contributed by atoms with E-state index in [1.54, 1.807) is 22.8 Å². The number of nitrogens with zero attached hydrogens (tertiary/aromatic N) is 4. The van der Waals surface area contributed by atoms with E-state index in [9.17, 15) is 9.59 Å². The van der Waals surface area contributed by atoms with Gasteiger partial charge < -0.3 is 10.2 Å². The molecule has 7 heteroatoms. The maximum Gasteiger partial charge on any atom is 0.237 e. The van der Waals surface area contributed by atoms with Gasteiger partial charge in [0, 0.05) is 45.5 Å². The van der Waals surface area contributed by atoms with Crippen LogP contribution < -0.4 is 5.32 Å². The van der Waals surface area contributed by atoms with E-state index in [4.69, 9.17) is 0 Å². The molecule has 1 atom stereocenters. The average molecular weight is 383 g/mol. The molecule has 3 rings (SSSR count). The lowest BCUT2D eigenvalue weighted by Gasteiger charge is -2.35. The molecule has 1 unspecified atom stereocenters. The number of hydrogen-bond donors (Lipinski definition) is 1. The van der Waals surface area contributed by atoms with Crippen LogP contribution in [-0.2, 0) is 29.6 Å². The first-order valence-electron chi connectivity index (χ1n) is 9.80. The molecule has 150 valence electrons. The number of aryl methyl sites for hydroxylation is 2. The number of rotatable bonds is 8. The Kier molecular flexibility index (Phi) is 6.81. The van der Waals surface area contributed by atoms with Crippen molar-refractivity contribution in [2.24, 2.45) is 7.05 Å². The van der Waals surface area contributed by atoms with Crippen LogP contribution in [0.3, 0.4) is 0 Å². The van der Waals surface area contributed by atoms with Crippen LogP contribution in [0, 0.1) is 0 Å². The molecule has 1 aliphatic heterocycles. The molecule has 2 aromatic rings. The van der Waals surface area contributed by atoms with Crippen LogP contribution in [0.15, 0.2) is 42.7 Å². The standard InChI is InChI=1S/C21H29N5O2/c1-24(15-18-14-23-25(2)16-18)20(27)13-19-21(28)22-10-12-26(19)11-6-9-17-7-4-3-5-8-17/h3-5,7-8,14,16,19H,6,9-13,15H2,1-2H3,(H,22,28). The first kappa shape index (κ1) is 20.1. The minimum absolute atomic E-state index is 0.0287. The smallest absolute Gasteiger partial charge is 0.237 e. The number of piperazine rings is 1. The lowest BCUT2D eigenvalue weighted by Crippen LogP contribution is -2.56. The maximum absolute atomic E-state index is 12.7. The lowest BCUT2D eigenvalue weighted by molar-refractivity contribution is -0.138. The number of benzene rings is 1. The minimum atomic E-state index is -0.395. The fourth-order valence-corrected chi connectivity index (χ4v) is 3.62. The molecule has 1 fully saturated rings. The third-order valence-corrected chi connectivity index (χ3v) is 5.17. The predicted octanol–water partition coefficient (Wildman–Crippen LogP) is 1.20. The van der Waals surface area contributed by atoms with E-state index in [-0.39, 0.29) is 18.2 Å². The summed E-state index contributed by atoms with van der Waals surface area (Å²) in [4.78, 5) is 28.9. The van der Waals surface area contributed by atoms with Crippen molar-refractivity contribution in [1.29, 1.82) is 0 Å². The highest BCUT2D eigenvalue weighted by atomic mass is 16.2. The third kappa shape index (κ3) is 5.42. The Morgan fingerprint density at radius 3 is 2.79 bits per heavy atom. The van der Waals surface area contributed by atoms with Crippen LogP contribution >= 0.6 is 0 Å². The fourth-order valence-electron chi connectivity index (χ4n) is 3.62. The molecule has 0 aliphatic carbocycles. The summed E-state index contributed by atoms with van der Waals surface area (Å²) in [5.41, 5.74) is 2.28. The van der Waals surface area contributed by atoms with Crippen molar-refractivity contribution in [2.75, 3.05) is 26.7 Å². The molecule has 1 aromatic heterocycles. The van der Waals surface area contributed by atoms with Gasteiger partial charge in [0.05, 0.1) is 18.7 Å². The van der Waals surface area contributed by atoms with Crippen LogP contribution in [0.1, 0.15) is 24.0 Å². The van der Waals surface area contributed by atoms with Gasteiger partial charge in [-0.05, 0) is 24.9 Å². The van der Waals surface area contributed by atoms with Crippen LogP contribution in [0.4, 0.5) is 0 Å². The Morgan fingerprint density at radius 1 is 1.29 bits per heavy atom. The second-order valence-electron chi connectivity index (χ2n) is 7.41. The molecule has 1 aliphatic rings. The molecule has 1 aromatic carbocycles. The Morgan fingerprint density at radius 2 is 2.07 bits per heavy atom. The predicted molar refractivity (Wildman–Crippen MR) is 107 cm³/mol. The zero-order chi connectivity index (χ0) is 19.9. The van der Waals surface area contributed by atoms with Gasteiger partial charge in [-0.3, -0.25) is 19.2 Å². The number of amides is 2. The summed E-state index contributed by atoms with van der Waals surface area (Å²) in [6.07, 6.45) is 5.79. The number of carbonyl (C=O) groups is 2. The topological polar surface area (TPSA) is 70.5 Å². The Bertz CT molecular complexity index is 789. The normalized spacial score (nSPS) is 17.4. The summed E-state index contributed by atoms with van der Waals surface area (Å²) in [7, 11) is 3.63. The zero-order valence-corrected chi connectivity index (χ0v) is 16.7. The summed E-state index contributed by atoms with van der Waals surface area (Å²) in [6.45, 7) is 2.73. The second-order valence-corrected chi connectivity index (χ2v) is 7.41. The van der Waals surface area contributed by atoms with Crippen LogP contribution in [0.2, 0.25) is 0 Å². The van der Waals surface area contributed by atoms with Gasteiger partial charge in [-0.25, -0.2) is 0 Å². The van der Waals surface area contributed by atoms with Gasteiger partial charge in [0.1, 0.15) is 0 Å². The van der Waals surface area contributed by atoms with E-state index in [1.807, 2.05) is 31.4 Å². The Balaban J connectivity index is 1.53. The largest absolute Gasteiger partial charge is 0.353 e. The molecule has 1 saturated heterocycles. The van der Waals surface area contributed by atoms with Crippen LogP contribution in [0.25, 0.3) is 0 Å². The van der Waals surface area contributed by atoms with Crippen LogP contribution in [-0.4, -0.2) is 64.1 Å². The first-order valence-corrected chi connectivity index (χ1v) is 9.80. The van der Waals surface area contributed by atoms with Gasteiger partial charge in [-0.2, -0.15) is 5.10 Å². The first-order chi connectivity index (χ1) is 13.5. The SMILES string of the molecule is CN(Cc1cnn(C)c1)C(=O)CC1C(=O)NCCN1CCCc1ccccc1. The van der Waals surface area contributed by atoms with Gasteiger partial charge in [0.25, 0.3) is 0 Å². The van der Waals surface area contributed by atoms with Gasteiger partial charge in [0.15, 0.2) is 0 Å². The molecular weight excluding hydrogens is 354 g/mol. The number of hydrogen-bond acceptors (Lipinski definition) is 4. The highest BCUT2D eigenvalue weighted by molar-refractivity contribution is 5.88. The molecule has 0 radical (unpaired) electrons. The van der Waals surface area contributed by atoms with E-state index in [0.29, 0.717) is 13.1 Å². The van der Waals surface area contributed by atoms with E-state index < -0.39 is 6.04 Å². The molecule has 2 heterocycles. The number of aromatic nitrogens is 2. The summed E-state index contributed by atoms with van der Waals surface area (Å²) in [5.74, 6) is -0.0759. The maximum atomic E-state index is 12.7. The second kappa shape index (κ2) is 9.50. The lowest BCUT2D eigenvalue weighted by atomic mass is 10.1. The number of carbonyl (C=O) groups excluding carboxylic acids is 2. The van der Waals surface area contributed by atoms with E-state index in [1.165, 1.54) is 5.56 Å². The fraction of sp³-hybridized carbons (Fsp3) is 0.476. The zero-order valence-electron chi connectivity index (χ0n) is 16.7. The summed E-state index contributed by atoms with van der Waals surface area (Å²) < 4.78 is 1.72. The quantitative estimate of drug-likeness (QED) is 0.744. The average Bonchev–Trinajstić information content (AvgIpc) is 3.09. The van der Waals surface area contributed by atoms with Crippen molar-refractivity contribution in [3.63, 3.8) is 0 Å². The van der Waals surface area contributed by atoms with Crippen molar-refractivity contribution in [2.45, 2.75) is 31.8 Å². The molecule has 0 bridgehead atoms. The van der Waals surface area contributed by atoms with Gasteiger partial charge in [-0.1, -0.05) is 30.3 Å². The summed E-state index contributed by atoms with van der Waals surface area (Å²) in [5, 5.41) is 7.04. The van der Waals surface area contributed by atoms with Crippen molar-refractivity contribution in [3.8, 4) is 0 Å². The summed E-state index contributed by atoms with van der Waals surface area (Å²) in [6, 6.07) is 9.96. The Hall–Kier alpha value is -2.67. The summed E-state index contributed by atoms with van der Waals surface area (Å²) >= 11 is 0. The molecule has 28 heavy (non-hydrogen) atoms. The monoisotopic (exact) mass is 383 g/mol. The third-order valence-electron chi connectivity index (χ3n) is 5.17. The van der Waals surface area contributed by atoms with E-state index in [0.717, 1.165) is 31.5 Å². The van der Waals surface area contributed by atoms with Gasteiger partial charge >= 0.3 is 0 Å². The Labute approximate surface area is 166 Å². The highest BCUT2D eigenvalue weighted by Gasteiger charge is 2.32. The van der Waals surface area contributed by atoms with E-state index in [2.05, 4.69) is 27.4 Å². The van der Waals surface area contributed by atoms with Gasteiger partial charge in [-0.15, -0.1) is 0 Å². The molecular formula is C21H29N5O2. The van der Waals surface area contributed by atoms with Crippen LogP contribution in [0.5, 0.6) is 0 Å².